The third-order valence-corrected chi connectivity index (χ3v) is 7.73. The van der Waals surface area contributed by atoms with Gasteiger partial charge in [0.05, 0.1) is 25.0 Å². The Bertz CT molecular complexity index is 997. The third kappa shape index (κ3) is 6.29. The van der Waals surface area contributed by atoms with Gasteiger partial charge in [0.15, 0.2) is 5.09 Å². The zero-order valence-corrected chi connectivity index (χ0v) is 20.0. The molecule has 0 aliphatic carbocycles. The Morgan fingerprint density at radius 2 is 2.18 bits per heavy atom. The minimum atomic E-state index is -0.557. The van der Waals surface area contributed by atoms with E-state index in [1.54, 1.807) is 31.3 Å². The summed E-state index contributed by atoms with van der Waals surface area (Å²) in [6, 6.07) is 11.6. The van der Waals surface area contributed by atoms with Crippen LogP contribution in [0.3, 0.4) is 0 Å². The number of benzene rings is 1. The molecule has 1 saturated heterocycles. The minimum Gasteiger partial charge on any atom is -0.497 e. The molecule has 0 radical (unpaired) electrons. The molecule has 0 amide bonds. The van der Waals surface area contributed by atoms with Gasteiger partial charge in [-0.1, -0.05) is 11.8 Å². The van der Waals surface area contributed by atoms with E-state index >= 15 is 0 Å². The van der Waals surface area contributed by atoms with Crippen molar-refractivity contribution in [3.8, 4) is 5.75 Å². The molecule has 3 aromatic rings. The fourth-order valence-corrected chi connectivity index (χ4v) is 5.62. The molecule has 2 aromatic heterocycles. The van der Waals surface area contributed by atoms with Crippen LogP contribution in [0.5, 0.6) is 5.75 Å². The molecule has 3 atom stereocenters. The van der Waals surface area contributed by atoms with Crippen molar-refractivity contribution in [3.63, 3.8) is 0 Å². The van der Waals surface area contributed by atoms with Crippen LogP contribution >= 0.6 is 11.8 Å². The van der Waals surface area contributed by atoms with Crippen molar-refractivity contribution in [3.05, 3.63) is 54.4 Å². The molecule has 33 heavy (non-hydrogen) atoms. The molecule has 0 saturated carbocycles. The van der Waals surface area contributed by atoms with Gasteiger partial charge in [0.25, 0.3) is 0 Å². The Morgan fingerprint density at radius 1 is 1.27 bits per heavy atom. The Balaban J connectivity index is 1.27. The van der Waals surface area contributed by atoms with Crippen molar-refractivity contribution in [1.29, 1.82) is 0 Å². The van der Waals surface area contributed by atoms with Crippen LogP contribution in [0.15, 0.2) is 58.4 Å². The standard InChI is InChI=1S/C26H34N2O4S/c1-31-21-6-7-24-23(16-21)22(9-11-27-24)25(30)8-5-19-10-13-28(17-20(19)18-29)12-3-15-33-26-4-2-14-32-26/h2,4,6-7,9,11,14,16,19-20,25,29-30H,3,5,8,10,12-13,15,17-18H2,1H3/t19-,20-,25+/m1/s1. The minimum absolute atomic E-state index is 0.202. The predicted molar refractivity (Wildman–Crippen MR) is 132 cm³/mol. The van der Waals surface area contributed by atoms with E-state index in [-0.39, 0.29) is 12.5 Å². The topological polar surface area (TPSA) is 79.0 Å². The molecule has 0 unspecified atom stereocenters. The van der Waals surface area contributed by atoms with E-state index in [1.807, 2.05) is 36.4 Å². The molecule has 1 aliphatic heterocycles. The van der Waals surface area contributed by atoms with Crippen LogP contribution in [-0.2, 0) is 0 Å². The quantitative estimate of drug-likeness (QED) is 0.309. The van der Waals surface area contributed by atoms with Gasteiger partial charge in [-0.25, -0.2) is 0 Å². The fourth-order valence-electron chi connectivity index (χ4n) is 4.84. The average Bonchev–Trinajstić information content (AvgIpc) is 3.38. The van der Waals surface area contributed by atoms with E-state index in [0.717, 1.165) is 72.0 Å². The molecule has 4 rings (SSSR count). The van der Waals surface area contributed by atoms with E-state index in [4.69, 9.17) is 9.15 Å². The fraction of sp³-hybridized carbons (Fsp3) is 0.500. The third-order valence-electron chi connectivity index (χ3n) is 6.72. The highest BCUT2D eigenvalue weighted by Crippen LogP contribution is 2.33. The zero-order valence-electron chi connectivity index (χ0n) is 19.2. The lowest BCUT2D eigenvalue weighted by Crippen LogP contribution is -2.42. The van der Waals surface area contributed by atoms with Gasteiger partial charge in [-0.05, 0) is 92.6 Å². The van der Waals surface area contributed by atoms with Crippen molar-refractivity contribution in [1.82, 2.24) is 9.88 Å². The molecule has 0 spiro atoms. The van der Waals surface area contributed by atoms with Gasteiger partial charge in [0.1, 0.15) is 5.75 Å². The molecule has 1 aromatic carbocycles. The van der Waals surface area contributed by atoms with Gasteiger partial charge in [0, 0.05) is 30.5 Å². The highest BCUT2D eigenvalue weighted by molar-refractivity contribution is 7.99. The Labute approximate surface area is 200 Å². The number of pyridine rings is 1. The van der Waals surface area contributed by atoms with Gasteiger partial charge in [-0.2, -0.15) is 0 Å². The first-order valence-electron chi connectivity index (χ1n) is 11.8. The lowest BCUT2D eigenvalue weighted by Gasteiger charge is -2.38. The number of furan rings is 1. The summed E-state index contributed by atoms with van der Waals surface area (Å²) in [5, 5.41) is 22.9. The monoisotopic (exact) mass is 470 g/mol. The number of thioether (sulfide) groups is 1. The number of nitrogens with zero attached hydrogens (tertiary/aromatic N) is 2. The first-order chi connectivity index (χ1) is 16.2. The van der Waals surface area contributed by atoms with Crippen LogP contribution < -0.4 is 4.74 Å². The number of hydrogen-bond donors (Lipinski definition) is 2. The van der Waals surface area contributed by atoms with E-state index in [2.05, 4.69) is 9.88 Å². The molecular weight excluding hydrogens is 436 g/mol. The Morgan fingerprint density at radius 3 is 2.97 bits per heavy atom. The number of aliphatic hydroxyl groups is 2. The van der Waals surface area contributed by atoms with Crippen LogP contribution in [0.2, 0.25) is 0 Å². The van der Waals surface area contributed by atoms with Crippen molar-refractivity contribution in [2.75, 3.05) is 39.1 Å². The second kappa shape index (κ2) is 11.9. The maximum absolute atomic E-state index is 11.0. The number of rotatable bonds is 11. The number of hydrogen-bond acceptors (Lipinski definition) is 7. The normalized spacial score (nSPS) is 20.2. The van der Waals surface area contributed by atoms with E-state index in [9.17, 15) is 10.2 Å². The lowest BCUT2D eigenvalue weighted by molar-refractivity contribution is 0.0581. The van der Waals surface area contributed by atoms with Gasteiger partial charge in [0.2, 0.25) is 0 Å². The average molecular weight is 471 g/mol. The van der Waals surface area contributed by atoms with E-state index < -0.39 is 6.10 Å². The summed E-state index contributed by atoms with van der Waals surface area (Å²) in [7, 11) is 1.65. The molecule has 3 heterocycles. The first kappa shape index (κ1) is 24.1. The van der Waals surface area contributed by atoms with Crippen molar-refractivity contribution < 1.29 is 19.4 Å². The molecular formula is C26H34N2O4S. The summed E-state index contributed by atoms with van der Waals surface area (Å²) in [6.07, 6.45) is 6.66. The number of ether oxygens (including phenoxy) is 1. The largest absolute Gasteiger partial charge is 0.497 e. The molecule has 0 bridgehead atoms. The molecule has 6 nitrogen and oxygen atoms in total. The van der Waals surface area contributed by atoms with Crippen LogP contribution in [0.4, 0.5) is 0 Å². The second-order valence-corrected chi connectivity index (χ2v) is 9.90. The number of aliphatic hydroxyl groups excluding tert-OH is 2. The number of methoxy groups -OCH3 is 1. The molecule has 7 heteroatoms. The van der Waals surface area contributed by atoms with Crippen molar-refractivity contribution in [2.24, 2.45) is 11.8 Å². The maximum Gasteiger partial charge on any atom is 0.160 e. The van der Waals surface area contributed by atoms with Crippen molar-refractivity contribution in [2.45, 2.75) is 36.9 Å². The predicted octanol–water partition coefficient (Wildman–Crippen LogP) is 4.76. The van der Waals surface area contributed by atoms with E-state index in [1.165, 1.54) is 0 Å². The van der Waals surface area contributed by atoms with Gasteiger partial charge in [-0.3, -0.25) is 4.98 Å². The Hall–Kier alpha value is -2.06. The number of likely N-dealkylation sites (tertiary alicyclic amines) is 1. The summed E-state index contributed by atoms with van der Waals surface area (Å²) >= 11 is 1.75. The highest BCUT2D eigenvalue weighted by Gasteiger charge is 2.29. The zero-order chi connectivity index (χ0) is 23.0. The van der Waals surface area contributed by atoms with Crippen molar-refractivity contribution >= 4 is 22.7 Å². The summed E-state index contributed by atoms with van der Waals surface area (Å²) in [5.74, 6) is 2.49. The Kier molecular flexibility index (Phi) is 8.67. The second-order valence-electron chi connectivity index (χ2n) is 8.80. The molecule has 1 aliphatic rings. The highest BCUT2D eigenvalue weighted by atomic mass is 32.2. The maximum atomic E-state index is 11.0. The number of piperidine rings is 1. The van der Waals surface area contributed by atoms with Crippen LogP contribution in [0.1, 0.15) is 37.4 Å². The summed E-state index contributed by atoms with van der Waals surface area (Å²) < 4.78 is 10.7. The van der Waals surface area contributed by atoms with Gasteiger partial charge in [-0.15, -0.1) is 0 Å². The molecule has 178 valence electrons. The van der Waals surface area contributed by atoms with Crippen LogP contribution in [0.25, 0.3) is 10.9 Å². The number of aromatic nitrogens is 1. The smallest absolute Gasteiger partial charge is 0.160 e. The summed E-state index contributed by atoms with van der Waals surface area (Å²) in [5.41, 5.74) is 1.75. The van der Waals surface area contributed by atoms with Gasteiger partial charge < -0.3 is 24.3 Å². The summed E-state index contributed by atoms with van der Waals surface area (Å²) in [6.45, 7) is 3.23. The summed E-state index contributed by atoms with van der Waals surface area (Å²) in [4.78, 5) is 6.89. The SMILES string of the molecule is COc1ccc2nccc([C@@H](O)CC[C@@H]3CCN(CCCSc4ccco4)C[C@@H]3CO)c2c1. The van der Waals surface area contributed by atoms with Gasteiger partial charge >= 0.3 is 0 Å². The first-order valence-corrected chi connectivity index (χ1v) is 12.8. The molecule has 1 fully saturated rings. The molecule has 2 N–H and O–H groups in total. The number of fused-ring (bicyclic) bond motifs is 1. The van der Waals surface area contributed by atoms with Crippen LogP contribution in [0, 0.1) is 11.8 Å². The lowest BCUT2D eigenvalue weighted by atomic mass is 9.81. The van der Waals surface area contributed by atoms with E-state index in [0.29, 0.717) is 12.3 Å². The van der Waals surface area contributed by atoms with Crippen LogP contribution in [-0.4, -0.2) is 59.2 Å².